The van der Waals surface area contributed by atoms with Crippen LogP contribution in [-0.2, 0) is 6.54 Å². The second kappa shape index (κ2) is 3.29. The normalized spacial score (nSPS) is 10.3. The van der Waals surface area contributed by atoms with E-state index in [2.05, 4.69) is 15.0 Å². The molecule has 0 aliphatic rings. The molecule has 0 unspecified atom stereocenters. The van der Waals surface area contributed by atoms with Crippen LogP contribution in [0.5, 0.6) is 0 Å². The Morgan fingerprint density at radius 2 is 2.36 bits per heavy atom. The van der Waals surface area contributed by atoms with Gasteiger partial charge in [0.25, 0.3) is 0 Å². The number of oxazole rings is 1. The Hall–Kier alpha value is -2.18. The smallest absolute Gasteiger partial charge is 0.352 e. The van der Waals surface area contributed by atoms with Gasteiger partial charge >= 0.3 is 5.69 Å². The average Bonchev–Trinajstić information content (AvgIpc) is 2.62. The Morgan fingerprint density at radius 1 is 1.50 bits per heavy atom. The van der Waals surface area contributed by atoms with Crippen LogP contribution in [0.25, 0.3) is 0 Å². The molecule has 0 bridgehead atoms. The molecule has 0 aromatic carbocycles. The zero-order valence-electron chi connectivity index (χ0n) is 7.12. The van der Waals surface area contributed by atoms with Crippen LogP contribution in [0.2, 0.25) is 0 Å². The topological polar surface area (TPSA) is 99.8 Å². The minimum Gasteiger partial charge on any atom is -0.451 e. The molecule has 2 rings (SSSR count). The van der Waals surface area contributed by atoms with E-state index in [0.717, 1.165) is 0 Å². The van der Waals surface area contributed by atoms with Crippen molar-refractivity contribution in [2.24, 2.45) is 0 Å². The quantitative estimate of drug-likeness (QED) is 0.674. The molecule has 2 aromatic heterocycles. The highest BCUT2D eigenvalue weighted by Crippen LogP contribution is 1.95. The Balaban J connectivity index is 2.30. The van der Waals surface area contributed by atoms with E-state index in [1.165, 1.54) is 23.6 Å². The predicted molar refractivity (Wildman–Crippen MR) is 46.3 cm³/mol. The van der Waals surface area contributed by atoms with E-state index in [1.807, 2.05) is 0 Å². The third-order valence-corrected chi connectivity index (χ3v) is 1.60. The molecule has 72 valence electrons. The summed E-state index contributed by atoms with van der Waals surface area (Å²) in [5.41, 5.74) is 5.40. The second-order valence-electron chi connectivity index (χ2n) is 2.60. The van der Waals surface area contributed by atoms with Crippen LogP contribution >= 0.6 is 0 Å². The SMILES string of the molecule is Nc1ncn(Cc2cocn2)c(=O)n1. The lowest BCUT2D eigenvalue weighted by atomic mass is 10.5. The molecule has 0 saturated heterocycles. The highest BCUT2D eigenvalue weighted by Gasteiger charge is 2.01. The largest absolute Gasteiger partial charge is 0.451 e. The molecule has 7 heteroatoms. The van der Waals surface area contributed by atoms with Crippen molar-refractivity contribution in [3.05, 3.63) is 35.2 Å². The number of nitrogen functional groups attached to an aromatic ring is 1. The fraction of sp³-hybridized carbons (Fsp3) is 0.143. The van der Waals surface area contributed by atoms with Crippen LogP contribution < -0.4 is 11.4 Å². The average molecular weight is 193 g/mol. The summed E-state index contributed by atoms with van der Waals surface area (Å²) in [6.45, 7) is 0.273. The van der Waals surface area contributed by atoms with Crippen molar-refractivity contribution >= 4 is 5.95 Å². The van der Waals surface area contributed by atoms with Gasteiger partial charge in [-0.3, -0.25) is 4.57 Å². The van der Waals surface area contributed by atoms with Gasteiger partial charge in [0, 0.05) is 0 Å². The van der Waals surface area contributed by atoms with Crippen LogP contribution in [0.3, 0.4) is 0 Å². The summed E-state index contributed by atoms with van der Waals surface area (Å²) >= 11 is 0. The lowest BCUT2D eigenvalue weighted by Gasteiger charge is -1.99. The predicted octanol–water partition coefficient (Wildman–Crippen LogP) is -0.743. The summed E-state index contributed by atoms with van der Waals surface area (Å²) in [6, 6.07) is 0. The number of aromatic nitrogens is 4. The second-order valence-corrected chi connectivity index (χ2v) is 2.60. The molecule has 0 saturated carbocycles. The van der Waals surface area contributed by atoms with E-state index < -0.39 is 5.69 Å². The van der Waals surface area contributed by atoms with E-state index in [-0.39, 0.29) is 12.5 Å². The molecular weight excluding hydrogens is 186 g/mol. The molecule has 0 aliphatic heterocycles. The first-order chi connectivity index (χ1) is 6.75. The fourth-order valence-corrected chi connectivity index (χ4v) is 0.968. The van der Waals surface area contributed by atoms with Crippen molar-refractivity contribution < 1.29 is 4.42 Å². The number of hydrogen-bond acceptors (Lipinski definition) is 6. The molecule has 0 atom stereocenters. The van der Waals surface area contributed by atoms with Crippen molar-refractivity contribution in [2.75, 3.05) is 5.73 Å². The van der Waals surface area contributed by atoms with E-state index in [9.17, 15) is 4.79 Å². The lowest BCUT2D eigenvalue weighted by molar-refractivity contribution is 0.554. The molecule has 0 fully saturated rings. The van der Waals surface area contributed by atoms with Gasteiger partial charge in [0.05, 0.1) is 12.2 Å². The molecule has 0 radical (unpaired) electrons. The van der Waals surface area contributed by atoms with Crippen LogP contribution in [0.4, 0.5) is 5.95 Å². The third-order valence-electron chi connectivity index (χ3n) is 1.60. The van der Waals surface area contributed by atoms with E-state index >= 15 is 0 Å². The van der Waals surface area contributed by atoms with Gasteiger partial charge < -0.3 is 10.2 Å². The van der Waals surface area contributed by atoms with Gasteiger partial charge in [-0.1, -0.05) is 0 Å². The summed E-state index contributed by atoms with van der Waals surface area (Å²) in [4.78, 5) is 22.3. The molecule has 0 spiro atoms. The molecule has 0 aliphatic carbocycles. The molecular formula is C7H7N5O2. The van der Waals surface area contributed by atoms with Gasteiger partial charge in [-0.15, -0.1) is 0 Å². The Bertz CT molecular complexity index is 475. The van der Waals surface area contributed by atoms with Gasteiger partial charge in [-0.25, -0.2) is 14.8 Å². The first-order valence-electron chi connectivity index (χ1n) is 3.82. The Kier molecular flexibility index (Phi) is 1.98. The fourth-order valence-electron chi connectivity index (χ4n) is 0.968. The molecule has 2 aromatic rings. The third kappa shape index (κ3) is 1.60. The molecule has 14 heavy (non-hydrogen) atoms. The summed E-state index contributed by atoms with van der Waals surface area (Å²) in [7, 11) is 0. The number of hydrogen-bond donors (Lipinski definition) is 1. The van der Waals surface area contributed by atoms with Gasteiger partial charge in [-0.2, -0.15) is 4.98 Å². The highest BCUT2D eigenvalue weighted by atomic mass is 16.3. The molecule has 2 N–H and O–H groups in total. The summed E-state index contributed by atoms with van der Waals surface area (Å²) < 4.78 is 6.04. The Morgan fingerprint density at radius 3 is 3.00 bits per heavy atom. The highest BCUT2D eigenvalue weighted by molar-refractivity contribution is 5.10. The molecule has 0 amide bonds. The van der Waals surface area contributed by atoms with Crippen LogP contribution in [0.15, 0.2) is 28.2 Å². The zero-order chi connectivity index (χ0) is 9.97. The summed E-state index contributed by atoms with van der Waals surface area (Å²) in [5.74, 6) is -0.0357. The van der Waals surface area contributed by atoms with Crippen LogP contribution in [-0.4, -0.2) is 19.5 Å². The monoisotopic (exact) mass is 193 g/mol. The van der Waals surface area contributed by atoms with Crippen LogP contribution in [0.1, 0.15) is 5.69 Å². The maximum Gasteiger partial charge on any atom is 0.352 e. The van der Waals surface area contributed by atoms with Gasteiger partial charge in [0.1, 0.15) is 12.6 Å². The van der Waals surface area contributed by atoms with Crippen molar-refractivity contribution in [1.82, 2.24) is 19.5 Å². The maximum atomic E-state index is 11.2. The van der Waals surface area contributed by atoms with Crippen LogP contribution in [0, 0.1) is 0 Å². The first kappa shape index (κ1) is 8.42. The lowest BCUT2D eigenvalue weighted by Crippen LogP contribution is -2.25. The summed E-state index contributed by atoms with van der Waals surface area (Å²) in [5, 5.41) is 0. The number of nitrogens with two attached hydrogens (primary N) is 1. The van der Waals surface area contributed by atoms with Gasteiger partial charge in [-0.05, 0) is 0 Å². The number of nitrogens with zero attached hydrogens (tertiary/aromatic N) is 4. The van der Waals surface area contributed by atoms with E-state index in [4.69, 9.17) is 10.2 Å². The number of rotatable bonds is 2. The van der Waals surface area contributed by atoms with Crippen molar-refractivity contribution in [1.29, 1.82) is 0 Å². The maximum absolute atomic E-state index is 11.2. The zero-order valence-corrected chi connectivity index (χ0v) is 7.12. The van der Waals surface area contributed by atoms with E-state index in [1.54, 1.807) is 0 Å². The van der Waals surface area contributed by atoms with Crippen molar-refractivity contribution in [3.63, 3.8) is 0 Å². The molecule has 7 nitrogen and oxygen atoms in total. The van der Waals surface area contributed by atoms with E-state index in [0.29, 0.717) is 5.69 Å². The first-order valence-corrected chi connectivity index (χ1v) is 3.82. The summed E-state index contributed by atoms with van der Waals surface area (Å²) in [6.07, 6.45) is 4.06. The van der Waals surface area contributed by atoms with Crippen molar-refractivity contribution in [2.45, 2.75) is 6.54 Å². The number of anilines is 1. The van der Waals surface area contributed by atoms with Crippen molar-refractivity contribution in [3.8, 4) is 0 Å². The van der Waals surface area contributed by atoms with Gasteiger partial charge in [0.15, 0.2) is 6.39 Å². The minimum absolute atomic E-state index is 0.0357. The minimum atomic E-state index is -0.458. The molecule has 2 heterocycles. The standard InChI is InChI=1S/C7H7N5O2/c8-6-9-3-12(7(13)11-6)1-5-2-14-4-10-5/h2-4H,1H2,(H2,8,11,13). The Labute approximate surface area is 78.2 Å². The van der Waals surface area contributed by atoms with Gasteiger partial charge in [0.2, 0.25) is 5.95 Å².